The summed E-state index contributed by atoms with van der Waals surface area (Å²) < 4.78 is 5.39. The predicted molar refractivity (Wildman–Crippen MR) is 124 cm³/mol. The van der Waals surface area contributed by atoms with Crippen LogP contribution in [0.3, 0.4) is 0 Å². The number of anilines is 2. The highest BCUT2D eigenvalue weighted by atomic mass is 16.5. The van der Waals surface area contributed by atoms with Gasteiger partial charge < -0.3 is 19.9 Å². The maximum Gasteiger partial charge on any atom is 0.243 e. The molecule has 0 radical (unpaired) electrons. The van der Waals surface area contributed by atoms with Crippen molar-refractivity contribution >= 4 is 23.2 Å². The quantitative estimate of drug-likeness (QED) is 0.702. The summed E-state index contributed by atoms with van der Waals surface area (Å²) in [5.41, 5.74) is 2.84. The summed E-state index contributed by atoms with van der Waals surface area (Å²) >= 11 is 0. The molecule has 1 aliphatic rings. The van der Waals surface area contributed by atoms with Crippen molar-refractivity contribution in [2.75, 3.05) is 50.1 Å². The van der Waals surface area contributed by atoms with Gasteiger partial charge in [-0.1, -0.05) is 50.6 Å². The molecule has 6 nitrogen and oxygen atoms in total. The lowest BCUT2D eigenvalue weighted by Crippen LogP contribution is -2.39. The van der Waals surface area contributed by atoms with Gasteiger partial charge in [0.25, 0.3) is 0 Å². The van der Waals surface area contributed by atoms with Gasteiger partial charge in [0.1, 0.15) is 0 Å². The molecule has 1 saturated heterocycles. The van der Waals surface area contributed by atoms with Crippen molar-refractivity contribution in [3.63, 3.8) is 0 Å². The average molecular weight is 424 g/mol. The Morgan fingerprint density at radius 1 is 1.06 bits per heavy atom. The van der Waals surface area contributed by atoms with Crippen LogP contribution in [-0.4, -0.2) is 56.6 Å². The fraction of sp³-hybridized carbons (Fsp3) is 0.440. The second-order valence-corrected chi connectivity index (χ2v) is 8.16. The molecule has 3 rings (SSSR count). The van der Waals surface area contributed by atoms with Crippen LogP contribution in [0.1, 0.15) is 31.7 Å². The Kier molecular flexibility index (Phi) is 8.06. The van der Waals surface area contributed by atoms with Gasteiger partial charge in [0, 0.05) is 31.5 Å². The van der Waals surface area contributed by atoms with Crippen LogP contribution in [0.5, 0.6) is 0 Å². The first-order valence-corrected chi connectivity index (χ1v) is 11.0. The second-order valence-electron chi connectivity index (χ2n) is 8.16. The van der Waals surface area contributed by atoms with Gasteiger partial charge in [0.2, 0.25) is 11.8 Å². The van der Waals surface area contributed by atoms with Gasteiger partial charge >= 0.3 is 0 Å². The zero-order valence-electron chi connectivity index (χ0n) is 18.7. The van der Waals surface area contributed by atoms with E-state index in [1.54, 1.807) is 7.05 Å². The third-order valence-corrected chi connectivity index (χ3v) is 5.92. The smallest absolute Gasteiger partial charge is 0.243 e. The van der Waals surface area contributed by atoms with E-state index in [1.807, 2.05) is 54.6 Å². The van der Waals surface area contributed by atoms with E-state index >= 15 is 0 Å². The monoisotopic (exact) mass is 423 g/mol. The second kappa shape index (κ2) is 11.0. The molecule has 166 valence electrons. The zero-order valence-corrected chi connectivity index (χ0v) is 18.7. The topological polar surface area (TPSA) is 61.9 Å². The van der Waals surface area contributed by atoms with Crippen LogP contribution in [0, 0.1) is 5.92 Å². The maximum atomic E-state index is 13.2. The summed E-state index contributed by atoms with van der Waals surface area (Å²) in [6.07, 6.45) is 0.890. The van der Waals surface area contributed by atoms with Crippen LogP contribution in [0.2, 0.25) is 0 Å². The van der Waals surface area contributed by atoms with Gasteiger partial charge in [0.15, 0.2) is 0 Å². The van der Waals surface area contributed by atoms with E-state index in [4.69, 9.17) is 4.74 Å². The Hall–Kier alpha value is -2.86. The highest BCUT2D eigenvalue weighted by molar-refractivity contribution is 5.95. The number of morpholine rings is 1. The molecule has 0 bridgehead atoms. The first kappa shape index (κ1) is 22.8. The Labute approximate surface area is 185 Å². The summed E-state index contributed by atoms with van der Waals surface area (Å²) in [5.74, 6) is -0.297. The van der Waals surface area contributed by atoms with Gasteiger partial charge in [-0.15, -0.1) is 0 Å². The molecule has 2 aromatic carbocycles. The summed E-state index contributed by atoms with van der Waals surface area (Å²) in [7, 11) is 1.70. The van der Waals surface area contributed by atoms with E-state index in [9.17, 15) is 9.59 Å². The summed E-state index contributed by atoms with van der Waals surface area (Å²) in [4.78, 5) is 29.6. The van der Waals surface area contributed by atoms with Crippen LogP contribution >= 0.6 is 0 Å². The lowest BCUT2D eigenvalue weighted by molar-refractivity contribution is -0.135. The number of benzene rings is 2. The SMILES string of the molecule is CCC(C)C(C(=O)N(C)CC(=O)Nc1ccc(N2CCOCC2)cc1)c1ccccc1. The summed E-state index contributed by atoms with van der Waals surface area (Å²) in [5, 5.41) is 2.90. The lowest BCUT2D eigenvalue weighted by atomic mass is 9.84. The number of nitrogens with zero attached hydrogens (tertiary/aromatic N) is 2. The van der Waals surface area contributed by atoms with Gasteiger partial charge in [-0.25, -0.2) is 0 Å². The number of amides is 2. The molecule has 1 fully saturated rings. The molecule has 1 N–H and O–H groups in total. The minimum Gasteiger partial charge on any atom is -0.378 e. The minimum absolute atomic E-state index is 0.0177. The molecule has 1 aliphatic heterocycles. The van der Waals surface area contributed by atoms with Crippen LogP contribution in [-0.2, 0) is 14.3 Å². The van der Waals surface area contributed by atoms with E-state index in [1.165, 1.54) is 4.90 Å². The molecule has 0 spiro atoms. The van der Waals surface area contributed by atoms with Crippen molar-refractivity contribution in [1.82, 2.24) is 4.90 Å². The maximum absolute atomic E-state index is 13.2. The Bertz CT molecular complexity index is 848. The van der Waals surface area contributed by atoms with Gasteiger partial charge in [-0.3, -0.25) is 9.59 Å². The molecular formula is C25H33N3O3. The molecular weight excluding hydrogens is 390 g/mol. The normalized spacial score (nSPS) is 15.8. The number of carbonyl (C=O) groups is 2. The largest absolute Gasteiger partial charge is 0.378 e. The van der Waals surface area contributed by atoms with E-state index in [0.717, 1.165) is 49.7 Å². The van der Waals surface area contributed by atoms with Gasteiger partial charge in [-0.2, -0.15) is 0 Å². The van der Waals surface area contributed by atoms with Crippen molar-refractivity contribution < 1.29 is 14.3 Å². The number of hydrogen-bond acceptors (Lipinski definition) is 4. The Morgan fingerprint density at radius 3 is 2.32 bits per heavy atom. The number of hydrogen-bond donors (Lipinski definition) is 1. The Morgan fingerprint density at radius 2 is 1.71 bits per heavy atom. The van der Waals surface area contributed by atoms with Crippen LogP contribution in [0.15, 0.2) is 54.6 Å². The standard InChI is InChI=1S/C25H33N3O3/c1-4-19(2)24(20-8-6-5-7-9-20)25(30)27(3)18-23(29)26-21-10-12-22(13-11-21)28-14-16-31-17-15-28/h5-13,19,24H,4,14-18H2,1-3H3,(H,26,29). The van der Waals surface area contributed by atoms with Crippen molar-refractivity contribution in [2.45, 2.75) is 26.2 Å². The van der Waals surface area contributed by atoms with Crippen LogP contribution < -0.4 is 10.2 Å². The lowest BCUT2D eigenvalue weighted by Gasteiger charge is -2.29. The van der Waals surface area contributed by atoms with Crippen molar-refractivity contribution in [3.05, 3.63) is 60.2 Å². The molecule has 2 amide bonds. The molecule has 0 aliphatic carbocycles. The predicted octanol–water partition coefficient (Wildman–Crippen LogP) is 3.75. The number of ether oxygens (including phenoxy) is 1. The fourth-order valence-electron chi connectivity index (χ4n) is 3.92. The van der Waals surface area contributed by atoms with Crippen LogP contribution in [0.25, 0.3) is 0 Å². The van der Waals surface area contributed by atoms with Gasteiger partial charge in [0.05, 0.1) is 25.7 Å². The molecule has 2 aromatic rings. The molecule has 0 saturated carbocycles. The molecule has 1 heterocycles. The van der Waals surface area contributed by atoms with Crippen molar-refractivity contribution in [1.29, 1.82) is 0 Å². The zero-order chi connectivity index (χ0) is 22.2. The van der Waals surface area contributed by atoms with Crippen LogP contribution in [0.4, 0.5) is 11.4 Å². The van der Waals surface area contributed by atoms with Crippen molar-refractivity contribution in [3.8, 4) is 0 Å². The molecule has 0 aromatic heterocycles. The number of rotatable bonds is 8. The average Bonchev–Trinajstić information content (AvgIpc) is 2.80. The Balaban J connectivity index is 1.59. The van der Waals surface area contributed by atoms with E-state index < -0.39 is 0 Å². The highest BCUT2D eigenvalue weighted by Crippen LogP contribution is 2.28. The fourth-order valence-corrected chi connectivity index (χ4v) is 3.92. The van der Waals surface area contributed by atoms with E-state index in [0.29, 0.717) is 0 Å². The van der Waals surface area contributed by atoms with E-state index in [2.05, 4.69) is 24.1 Å². The number of carbonyl (C=O) groups excluding carboxylic acids is 2. The third-order valence-electron chi connectivity index (χ3n) is 5.92. The molecule has 2 atom stereocenters. The summed E-state index contributed by atoms with van der Waals surface area (Å²) in [6, 6.07) is 17.6. The molecule has 6 heteroatoms. The van der Waals surface area contributed by atoms with Gasteiger partial charge in [-0.05, 0) is 35.7 Å². The summed E-state index contributed by atoms with van der Waals surface area (Å²) in [6.45, 7) is 7.40. The minimum atomic E-state index is -0.253. The highest BCUT2D eigenvalue weighted by Gasteiger charge is 2.29. The third kappa shape index (κ3) is 6.07. The first-order chi connectivity index (χ1) is 15.0. The number of nitrogens with one attached hydrogen (secondary N) is 1. The number of likely N-dealkylation sites (N-methyl/N-ethyl adjacent to an activating group) is 1. The molecule has 31 heavy (non-hydrogen) atoms. The van der Waals surface area contributed by atoms with Crippen molar-refractivity contribution in [2.24, 2.45) is 5.92 Å². The first-order valence-electron chi connectivity index (χ1n) is 11.0. The molecule has 2 unspecified atom stereocenters. The van der Waals surface area contributed by atoms with E-state index in [-0.39, 0.29) is 30.2 Å².